The van der Waals surface area contributed by atoms with E-state index in [4.69, 9.17) is 13.6 Å². The van der Waals surface area contributed by atoms with Gasteiger partial charge in [0.15, 0.2) is 11.9 Å². The minimum absolute atomic E-state index is 0.0865. The van der Waals surface area contributed by atoms with Gasteiger partial charge in [-0.05, 0) is 31.2 Å². The van der Waals surface area contributed by atoms with Gasteiger partial charge in [-0.15, -0.1) is 0 Å². The Kier molecular flexibility index (Phi) is 3.89. The zero-order valence-electron chi connectivity index (χ0n) is 12.6. The van der Waals surface area contributed by atoms with E-state index in [1.54, 1.807) is 36.4 Å². The molecule has 3 aromatic rings. The summed E-state index contributed by atoms with van der Waals surface area (Å²) in [6.07, 6.45) is 0.496. The summed E-state index contributed by atoms with van der Waals surface area (Å²) in [5.74, 6) is -0.214. The van der Waals surface area contributed by atoms with E-state index in [1.807, 2.05) is 0 Å². The van der Waals surface area contributed by atoms with Gasteiger partial charge < -0.3 is 18.3 Å². The van der Waals surface area contributed by atoms with E-state index < -0.39 is 12.1 Å². The molecule has 1 atom stereocenters. The first kappa shape index (κ1) is 14.9. The average molecular weight is 314 g/mol. The highest BCUT2D eigenvalue weighted by Gasteiger charge is 2.24. The summed E-state index contributed by atoms with van der Waals surface area (Å²) in [5, 5.41) is 0.356. The lowest BCUT2D eigenvalue weighted by Gasteiger charge is -2.14. The van der Waals surface area contributed by atoms with E-state index >= 15 is 0 Å². The van der Waals surface area contributed by atoms with E-state index in [1.165, 1.54) is 20.3 Å². The van der Waals surface area contributed by atoms with Crippen LogP contribution in [0.1, 0.15) is 6.92 Å². The first-order valence-electron chi connectivity index (χ1n) is 6.96. The third-order valence-electron chi connectivity index (χ3n) is 3.33. The van der Waals surface area contributed by atoms with Crippen molar-refractivity contribution in [3.8, 4) is 17.3 Å². The lowest BCUT2D eigenvalue weighted by Crippen LogP contribution is -2.27. The summed E-state index contributed by atoms with van der Waals surface area (Å²) in [6.45, 7) is 1.49. The van der Waals surface area contributed by atoms with Gasteiger partial charge in [-0.1, -0.05) is 12.1 Å². The molecule has 0 aliphatic carbocycles. The van der Waals surface area contributed by atoms with Crippen molar-refractivity contribution in [3.63, 3.8) is 0 Å². The number of hydrogen-bond acceptors (Lipinski definition) is 6. The molecule has 0 fully saturated rings. The van der Waals surface area contributed by atoms with Crippen LogP contribution in [0.15, 0.2) is 56.3 Å². The quantitative estimate of drug-likeness (QED) is 0.689. The zero-order valence-corrected chi connectivity index (χ0v) is 12.6. The highest BCUT2D eigenvalue weighted by molar-refractivity contribution is 5.81. The van der Waals surface area contributed by atoms with E-state index in [2.05, 4.69) is 4.74 Å². The number of rotatable bonds is 4. The van der Waals surface area contributed by atoms with E-state index in [-0.39, 0.29) is 16.9 Å². The first-order valence-corrected chi connectivity index (χ1v) is 6.96. The summed E-state index contributed by atoms with van der Waals surface area (Å²) in [6, 6.07) is 10.1. The van der Waals surface area contributed by atoms with Crippen LogP contribution in [0, 0.1) is 0 Å². The fourth-order valence-corrected chi connectivity index (χ4v) is 2.19. The number of fused-ring (bicyclic) bond motifs is 1. The number of para-hydroxylation sites is 1. The summed E-state index contributed by atoms with van der Waals surface area (Å²) in [5.41, 5.74) is 0.0241. The van der Waals surface area contributed by atoms with Gasteiger partial charge >= 0.3 is 5.97 Å². The van der Waals surface area contributed by atoms with Crippen LogP contribution in [0.4, 0.5) is 0 Å². The second-order valence-corrected chi connectivity index (χ2v) is 4.85. The Morgan fingerprint density at radius 3 is 2.65 bits per heavy atom. The molecule has 0 saturated heterocycles. The summed E-state index contributed by atoms with van der Waals surface area (Å²) < 4.78 is 21.2. The maximum Gasteiger partial charge on any atom is 0.346 e. The van der Waals surface area contributed by atoms with Crippen LogP contribution < -0.4 is 10.2 Å². The molecule has 6 nitrogen and oxygen atoms in total. The Balaban J connectivity index is 2.21. The Bertz CT molecular complexity index is 891. The van der Waals surface area contributed by atoms with E-state index in [0.29, 0.717) is 16.7 Å². The molecular weight excluding hydrogens is 300 g/mol. The second-order valence-electron chi connectivity index (χ2n) is 4.85. The van der Waals surface area contributed by atoms with Crippen LogP contribution in [0.3, 0.4) is 0 Å². The largest absolute Gasteiger partial charge is 0.471 e. The number of ether oxygens (including phenoxy) is 2. The van der Waals surface area contributed by atoms with Gasteiger partial charge in [0.05, 0.1) is 18.8 Å². The Morgan fingerprint density at radius 2 is 1.96 bits per heavy atom. The highest BCUT2D eigenvalue weighted by Crippen LogP contribution is 2.31. The van der Waals surface area contributed by atoms with Crippen molar-refractivity contribution in [1.82, 2.24) is 0 Å². The molecule has 0 N–H and O–H groups in total. The number of esters is 1. The minimum Gasteiger partial charge on any atom is -0.471 e. The van der Waals surface area contributed by atoms with Gasteiger partial charge in [0, 0.05) is 0 Å². The Morgan fingerprint density at radius 1 is 1.17 bits per heavy atom. The van der Waals surface area contributed by atoms with Gasteiger partial charge in [-0.3, -0.25) is 4.79 Å². The number of methoxy groups -OCH3 is 1. The smallest absolute Gasteiger partial charge is 0.346 e. The molecule has 118 valence electrons. The second kappa shape index (κ2) is 6.00. The summed E-state index contributed by atoms with van der Waals surface area (Å²) >= 11 is 0. The maximum atomic E-state index is 12.7. The molecule has 0 unspecified atom stereocenters. The monoisotopic (exact) mass is 314 g/mol. The minimum atomic E-state index is -0.960. The van der Waals surface area contributed by atoms with Crippen LogP contribution in [-0.2, 0) is 9.53 Å². The lowest BCUT2D eigenvalue weighted by molar-refractivity contribution is -0.147. The SMILES string of the molecule is COC(=O)[C@@H](C)Oc1c(-c2ccco2)oc2ccccc2c1=O. The average Bonchev–Trinajstić information content (AvgIpc) is 3.10. The van der Waals surface area contributed by atoms with Crippen molar-refractivity contribution in [1.29, 1.82) is 0 Å². The molecule has 6 heteroatoms. The van der Waals surface area contributed by atoms with Crippen LogP contribution >= 0.6 is 0 Å². The van der Waals surface area contributed by atoms with Crippen molar-refractivity contribution in [2.45, 2.75) is 13.0 Å². The van der Waals surface area contributed by atoms with Gasteiger partial charge in [0.1, 0.15) is 5.58 Å². The van der Waals surface area contributed by atoms with Crippen LogP contribution in [0.2, 0.25) is 0 Å². The van der Waals surface area contributed by atoms with Crippen LogP contribution in [0.5, 0.6) is 5.75 Å². The maximum absolute atomic E-state index is 12.7. The van der Waals surface area contributed by atoms with Crippen LogP contribution in [0.25, 0.3) is 22.5 Å². The van der Waals surface area contributed by atoms with Crippen molar-refractivity contribution in [2.75, 3.05) is 7.11 Å². The molecule has 23 heavy (non-hydrogen) atoms. The molecule has 1 aromatic carbocycles. The molecular formula is C17H14O6. The Labute approximate surface area is 131 Å². The highest BCUT2D eigenvalue weighted by atomic mass is 16.6. The third kappa shape index (κ3) is 2.70. The predicted molar refractivity (Wildman–Crippen MR) is 82.3 cm³/mol. The molecule has 0 radical (unpaired) electrons. The topological polar surface area (TPSA) is 78.9 Å². The van der Waals surface area contributed by atoms with Crippen molar-refractivity contribution < 1.29 is 23.1 Å². The Hall–Kier alpha value is -3.02. The third-order valence-corrected chi connectivity index (χ3v) is 3.33. The molecule has 0 aliphatic heterocycles. The molecule has 0 amide bonds. The van der Waals surface area contributed by atoms with Crippen molar-refractivity contribution in [2.24, 2.45) is 0 Å². The van der Waals surface area contributed by atoms with Crippen LogP contribution in [-0.4, -0.2) is 19.2 Å². The molecule has 3 rings (SSSR count). The van der Waals surface area contributed by atoms with Gasteiger partial charge in [-0.25, -0.2) is 4.79 Å². The molecule has 0 aliphatic rings. The first-order chi connectivity index (χ1) is 11.1. The molecule has 2 heterocycles. The van der Waals surface area contributed by atoms with Crippen molar-refractivity contribution in [3.05, 3.63) is 52.9 Å². The number of furan rings is 1. The predicted octanol–water partition coefficient (Wildman–Crippen LogP) is 2.99. The number of carbonyl (C=O) groups excluding carboxylic acids is 1. The fourth-order valence-electron chi connectivity index (χ4n) is 2.19. The van der Waals surface area contributed by atoms with E-state index in [9.17, 15) is 9.59 Å². The lowest BCUT2D eigenvalue weighted by atomic mass is 10.2. The summed E-state index contributed by atoms with van der Waals surface area (Å²) in [7, 11) is 1.25. The number of carbonyl (C=O) groups is 1. The molecule has 0 saturated carbocycles. The molecule has 0 bridgehead atoms. The zero-order chi connectivity index (χ0) is 16.4. The van der Waals surface area contributed by atoms with Gasteiger partial charge in [-0.2, -0.15) is 0 Å². The van der Waals surface area contributed by atoms with E-state index in [0.717, 1.165) is 0 Å². The normalized spacial score (nSPS) is 12.1. The molecule has 0 spiro atoms. The molecule has 2 aromatic heterocycles. The van der Waals surface area contributed by atoms with Gasteiger partial charge in [0.25, 0.3) is 0 Å². The van der Waals surface area contributed by atoms with Gasteiger partial charge in [0.2, 0.25) is 16.9 Å². The number of hydrogen-bond donors (Lipinski definition) is 0. The summed E-state index contributed by atoms with van der Waals surface area (Å²) in [4.78, 5) is 24.3. The standard InChI is InChI=1S/C17H14O6/c1-10(17(19)20-2)22-16-14(18)11-6-3-4-7-12(11)23-15(16)13-8-5-9-21-13/h3-10H,1-2H3/t10-/m1/s1. The fraction of sp³-hybridized carbons (Fsp3) is 0.176. The van der Waals surface area contributed by atoms with Crippen molar-refractivity contribution >= 4 is 16.9 Å². The number of benzene rings is 1.